The van der Waals surface area contributed by atoms with Gasteiger partial charge >= 0.3 is 5.97 Å². The molecule has 0 saturated heterocycles. The van der Waals surface area contributed by atoms with Crippen LogP contribution in [0.2, 0.25) is 10.0 Å². The van der Waals surface area contributed by atoms with E-state index in [2.05, 4.69) is 21.2 Å². The minimum Gasteiger partial charge on any atom is -0.452 e. The molecular weight excluding hydrogens is 431 g/mol. The largest absolute Gasteiger partial charge is 0.452 e. The summed E-state index contributed by atoms with van der Waals surface area (Å²) in [5.74, 6) is -3.37. The highest BCUT2D eigenvalue weighted by molar-refractivity contribution is 9.10. The predicted octanol–water partition coefficient (Wildman–Crippen LogP) is 4.83. The smallest absolute Gasteiger partial charge is 0.338 e. The molecule has 0 bridgehead atoms. The van der Waals surface area contributed by atoms with Gasteiger partial charge in [-0.05, 0) is 40.2 Å². The molecule has 0 fully saturated rings. The van der Waals surface area contributed by atoms with Crippen molar-refractivity contribution < 1.29 is 23.1 Å². The SMILES string of the molecule is O=C(COC(=O)c1ccc(Cl)c(Cl)c1)Nc1c(F)cc(F)cc1Br. The van der Waals surface area contributed by atoms with Gasteiger partial charge in [0.15, 0.2) is 12.4 Å². The topological polar surface area (TPSA) is 55.4 Å². The molecule has 0 unspecified atom stereocenters. The van der Waals surface area contributed by atoms with Crippen LogP contribution in [0.4, 0.5) is 14.5 Å². The Bertz CT molecular complexity index is 794. The van der Waals surface area contributed by atoms with E-state index in [1.165, 1.54) is 18.2 Å². The Morgan fingerprint density at radius 1 is 1.12 bits per heavy atom. The lowest BCUT2D eigenvalue weighted by Crippen LogP contribution is -2.21. The van der Waals surface area contributed by atoms with Gasteiger partial charge in [0.1, 0.15) is 5.82 Å². The van der Waals surface area contributed by atoms with Crippen LogP contribution in [-0.4, -0.2) is 18.5 Å². The molecule has 1 amide bonds. The van der Waals surface area contributed by atoms with Gasteiger partial charge in [0.25, 0.3) is 5.91 Å². The van der Waals surface area contributed by atoms with E-state index in [9.17, 15) is 18.4 Å². The summed E-state index contributed by atoms with van der Waals surface area (Å²) < 4.78 is 31.4. The zero-order chi connectivity index (χ0) is 17.9. The zero-order valence-corrected chi connectivity index (χ0v) is 14.8. The molecular formula is C15H8BrCl2F2NO3. The number of rotatable bonds is 4. The van der Waals surface area contributed by atoms with Crippen molar-refractivity contribution in [3.63, 3.8) is 0 Å². The van der Waals surface area contributed by atoms with Gasteiger partial charge in [-0.2, -0.15) is 0 Å². The fraction of sp³-hybridized carbons (Fsp3) is 0.0667. The third-order valence-corrected chi connectivity index (χ3v) is 4.13. The van der Waals surface area contributed by atoms with Crippen LogP contribution in [0.3, 0.4) is 0 Å². The molecule has 0 atom stereocenters. The van der Waals surface area contributed by atoms with Crippen molar-refractivity contribution in [2.75, 3.05) is 11.9 Å². The van der Waals surface area contributed by atoms with Crippen LogP contribution in [0.15, 0.2) is 34.8 Å². The van der Waals surface area contributed by atoms with Gasteiger partial charge in [-0.25, -0.2) is 13.6 Å². The van der Waals surface area contributed by atoms with E-state index in [1.807, 2.05) is 0 Å². The molecule has 0 aliphatic carbocycles. The van der Waals surface area contributed by atoms with Gasteiger partial charge in [-0.15, -0.1) is 0 Å². The number of halogens is 5. The third-order valence-electron chi connectivity index (χ3n) is 2.76. The molecule has 0 saturated carbocycles. The minimum absolute atomic E-state index is 0.0177. The van der Waals surface area contributed by atoms with Crippen LogP contribution in [0, 0.1) is 11.6 Å². The summed E-state index contributed by atoms with van der Waals surface area (Å²) >= 11 is 14.4. The molecule has 2 rings (SSSR count). The number of benzene rings is 2. The summed E-state index contributed by atoms with van der Waals surface area (Å²) in [5, 5.41) is 2.61. The lowest BCUT2D eigenvalue weighted by Gasteiger charge is -2.09. The van der Waals surface area contributed by atoms with Gasteiger partial charge in [0, 0.05) is 10.5 Å². The van der Waals surface area contributed by atoms with Crippen molar-refractivity contribution in [3.8, 4) is 0 Å². The van der Waals surface area contributed by atoms with Crippen LogP contribution in [-0.2, 0) is 9.53 Å². The fourth-order valence-corrected chi connectivity index (χ4v) is 2.48. The van der Waals surface area contributed by atoms with Crippen molar-refractivity contribution in [2.24, 2.45) is 0 Å². The molecule has 9 heteroatoms. The summed E-state index contributed by atoms with van der Waals surface area (Å²) in [6, 6.07) is 5.68. The molecule has 0 aliphatic rings. The summed E-state index contributed by atoms with van der Waals surface area (Å²) in [6.45, 7) is -0.664. The molecule has 2 aromatic carbocycles. The highest BCUT2D eigenvalue weighted by atomic mass is 79.9. The molecule has 2 aromatic rings. The van der Waals surface area contributed by atoms with Gasteiger partial charge in [-0.1, -0.05) is 23.2 Å². The quantitative estimate of drug-likeness (QED) is 0.695. The lowest BCUT2D eigenvalue weighted by atomic mass is 10.2. The zero-order valence-electron chi connectivity index (χ0n) is 11.7. The molecule has 24 heavy (non-hydrogen) atoms. The second-order valence-corrected chi connectivity index (χ2v) is 6.17. The maximum Gasteiger partial charge on any atom is 0.338 e. The minimum atomic E-state index is -0.967. The van der Waals surface area contributed by atoms with E-state index in [0.717, 1.165) is 6.07 Å². The molecule has 0 aromatic heterocycles. The van der Waals surface area contributed by atoms with Crippen LogP contribution in [0.5, 0.6) is 0 Å². The van der Waals surface area contributed by atoms with E-state index >= 15 is 0 Å². The first-order chi connectivity index (χ1) is 11.3. The maximum absolute atomic E-state index is 13.6. The number of carbonyl (C=O) groups excluding carboxylic acids is 2. The van der Waals surface area contributed by atoms with Crippen LogP contribution in [0.1, 0.15) is 10.4 Å². The average molecular weight is 439 g/mol. The summed E-state index contributed by atoms with van der Waals surface area (Å²) in [4.78, 5) is 23.5. The third kappa shape index (κ3) is 4.66. The van der Waals surface area contributed by atoms with Gasteiger partial charge < -0.3 is 10.1 Å². The Labute approximate surface area is 153 Å². The standard InChI is InChI=1S/C15H8BrCl2F2NO3/c16-9-4-8(19)5-12(20)14(9)21-13(22)6-24-15(23)7-1-2-10(17)11(18)3-7/h1-5H,6H2,(H,21,22). The van der Waals surface area contributed by atoms with Gasteiger partial charge in [-0.3, -0.25) is 4.79 Å². The summed E-state index contributed by atoms with van der Waals surface area (Å²) in [5.41, 5.74) is -0.154. The lowest BCUT2D eigenvalue weighted by molar-refractivity contribution is -0.119. The first-order valence-electron chi connectivity index (χ1n) is 6.34. The number of hydrogen-bond acceptors (Lipinski definition) is 3. The molecule has 126 valence electrons. The van der Waals surface area contributed by atoms with Crippen molar-refractivity contribution in [2.45, 2.75) is 0 Å². The normalized spacial score (nSPS) is 10.4. The van der Waals surface area contributed by atoms with Crippen molar-refractivity contribution in [1.82, 2.24) is 0 Å². The predicted molar refractivity (Wildman–Crippen MR) is 89.4 cm³/mol. The Hall–Kier alpha value is -1.70. The molecule has 0 spiro atoms. The van der Waals surface area contributed by atoms with Gasteiger partial charge in [0.05, 0.1) is 21.3 Å². The van der Waals surface area contributed by atoms with Crippen LogP contribution < -0.4 is 5.32 Å². The fourth-order valence-electron chi connectivity index (χ4n) is 1.67. The Kier molecular flexibility index (Phi) is 6.15. The Morgan fingerprint density at radius 2 is 1.83 bits per heavy atom. The number of amides is 1. The number of ether oxygens (including phenoxy) is 1. The molecule has 1 N–H and O–H groups in total. The monoisotopic (exact) mass is 437 g/mol. The number of carbonyl (C=O) groups is 2. The molecule has 4 nitrogen and oxygen atoms in total. The second kappa shape index (κ2) is 7.92. The summed E-state index contributed by atoms with van der Waals surface area (Å²) in [7, 11) is 0. The highest BCUT2D eigenvalue weighted by Crippen LogP contribution is 2.27. The number of anilines is 1. The number of esters is 1. The van der Waals surface area contributed by atoms with E-state index < -0.39 is 30.1 Å². The number of hydrogen-bond donors (Lipinski definition) is 1. The van der Waals surface area contributed by atoms with Crippen LogP contribution >= 0.6 is 39.1 Å². The van der Waals surface area contributed by atoms with E-state index in [0.29, 0.717) is 6.07 Å². The number of nitrogens with one attached hydrogen (secondary N) is 1. The maximum atomic E-state index is 13.6. The van der Waals surface area contributed by atoms with E-state index in [1.54, 1.807) is 0 Å². The Morgan fingerprint density at radius 3 is 2.46 bits per heavy atom. The van der Waals surface area contributed by atoms with Crippen molar-refractivity contribution in [1.29, 1.82) is 0 Å². The van der Waals surface area contributed by atoms with Crippen molar-refractivity contribution in [3.05, 3.63) is 62.0 Å². The molecule has 0 aliphatic heterocycles. The molecule has 0 heterocycles. The first-order valence-corrected chi connectivity index (χ1v) is 7.89. The van der Waals surface area contributed by atoms with Crippen molar-refractivity contribution >= 4 is 56.7 Å². The van der Waals surface area contributed by atoms with Gasteiger partial charge in [0.2, 0.25) is 0 Å². The summed E-state index contributed by atoms with van der Waals surface area (Å²) in [6.07, 6.45) is 0. The second-order valence-electron chi connectivity index (χ2n) is 4.50. The molecule has 0 radical (unpaired) electrons. The first kappa shape index (κ1) is 18.6. The van der Waals surface area contributed by atoms with E-state index in [-0.39, 0.29) is 25.8 Å². The highest BCUT2D eigenvalue weighted by Gasteiger charge is 2.15. The average Bonchev–Trinajstić information content (AvgIpc) is 2.51. The van der Waals surface area contributed by atoms with Crippen LogP contribution in [0.25, 0.3) is 0 Å². The Balaban J connectivity index is 1.98. The van der Waals surface area contributed by atoms with E-state index in [4.69, 9.17) is 27.9 Å².